The molecule has 1 aliphatic carbocycles. The second-order valence-corrected chi connectivity index (χ2v) is 11.3. The summed E-state index contributed by atoms with van der Waals surface area (Å²) in [7, 11) is 0. The number of aromatic nitrogens is 3. The summed E-state index contributed by atoms with van der Waals surface area (Å²) < 4.78 is 0. The van der Waals surface area contributed by atoms with E-state index in [1.54, 1.807) is 12.3 Å². The highest BCUT2D eigenvalue weighted by Crippen LogP contribution is 2.52. The number of hydrogen-bond acceptors (Lipinski definition) is 5. The zero-order valence-corrected chi connectivity index (χ0v) is 22.9. The van der Waals surface area contributed by atoms with Gasteiger partial charge in [0, 0.05) is 35.1 Å². The van der Waals surface area contributed by atoms with Crippen molar-refractivity contribution in [2.24, 2.45) is 0 Å². The molecule has 1 aliphatic heterocycles. The van der Waals surface area contributed by atoms with Crippen LogP contribution < -0.4 is 5.56 Å². The lowest BCUT2D eigenvalue weighted by molar-refractivity contribution is -0.141. The Morgan fingerprint density at radius 2 is 1.83 bits per heavy atom. The SMILES string of the molecule is O=C(C(O)c1cccc(-c2cnc3ccccc3c2)c1)N1CCc2nc(C3(c4cccc(Cl)c4)CC3)[nH]c(=O)c2C1. The number of halogens is 1. The lowest BCUT2D eigenvalue weighted by Crippen LogP contribution is -2.42. The first-order valence-electron chi connectivity index (χ1n) is 13.7. The molecule has 2 aliphatic rings. The Balaban J connectivity index is 1.12. The summed E-state index contributed by atoms with van der Waals surface area (Å²) >= 11 is 6.24. The number of amides is 1. The Morgan fingerprint density at radius 1 is 1.00 bits per heavy atom. The van der Waals surface area contributed by atoms with Gasteiger partial charge in [-0.15, -0.1) is 0 Å². The Hall–Kier alpha value is -4.33. The zero-order valence-electron chi connectivity index (χ0n) is 22.2. The van der Waals surface area contributed by atoms with E-state index in [-0.39, 0.29) is 17.5 Å². The molecule has 0 bridgehead atoms. The number of rotatable bonds is 5. The predicted octanol–water partition coefficient (Wildman–Crippen LogP) is 5.34. The van der Waals surface area contributed by atoms with Crippen molar-refractivity contribution in [1.29, 1.82) is 0 Å². The number of carbonyl (C=O) groups excluding carboxylic acids is 1. The van der Waals surface area contributed by atoms with E-state index < -0.39 is 12.0 Å². The minimum atomic E-state index is -1.35. The highest BCUT2D eigenvalue weighted by atomic mass is 35.5. The highest BCUT2D eigenvalue weighted by molar-refractivity contribution is 6.30. The molecule has 7 rings (SSSR count). The van der Waals surface area contributed by atoms with Crippen LogP contribution in [0.3, 0.4) is 0 Å². The van der Waals surface area contributed by atoms with E-state index >= 15 is 0 Å². The number of fused-ring (bicyclic) bond motifs is 2. The van der Waals surface area contributed by atoms with Gasteiger partial charge < -0.3 is 15.0 Å². The number of benzene rings is 3. The molecule has 41 heavy (non-hydrogen) atoms. The molecular weight excluding hydrogens is 536 g/mol. The Labute approximate surface area is 241 Å². The molecule has 1 fully saturated rings. The zero-order chi connectivity index (χ0) is 28.1. The third-order valence-electron chi connectivity index (χ3n) is 8.32. The maximum absolute atomic E-state index is 13.4. The number of pyridine rings is 1. The first-order valence-corrected chi connectivity index (χ1v) is 14.1. The maximum atomic E-state index is 13.4. The molecule has 5 aromatic rings. The number of aliphatic hydroxyl groups is 1. The largest absolute Gasteiger partial charge is 0.378 e. The van der Waals surface area contributed by atoms with E-state index in [1.165, 1.54) is 4.90 Å². The molecule has 0 radical (unpaired) electrons. The summed E-state index contributed by atoms with van der Waals surface area (Å²) in [5.74, 6) is 0.217. The van der Waals surface area contributed by atoms with E-state index in [1.807, 2.05) is 72.8 Å². The summed E-state index contributed by atoms with van der Waals surface area (Å²) in [6.07, 6.45) is 2.66. The molecule has 1 unspecified atom stereocenters. The minimum absolute atomic E-state index is 0.103. The van der Waals surface area contributed by atoms with Crippen LogP contribution in [0, 0.1) is 0 Å². The van der Waals surface area contributed by atoms with Gasteiger partial charge in [-0.2, -0.15) is 0 Å². The number of hydrogen-bond donors (Lipinski definition) is 2. The monoisotopic (exact) mass is 562 g/mol. The molecule has 1 saturated carbocycles. The number of nitrogens with zero attached hydrogens (tertiary/aromatic N) is 3. The normalized spacial score (nSPS) is 16.3. The number of aromatic amines is 1. The molecule has 204 valence electrons. The average molecular weight is 563 g/mol. The summed E-state index contributed by atoms with van der Waals surface area (Å²) in [5, 5.41) is 12.8. The maximum Gasteiger partial charge on any atom is 0.256 e. The number of aliphatic hydroxyl groups excluding tert-OH is 1. The van der Waals surface area contributed by atoms with E-state index in [2.05, 4.69) is 9.97 Å². The summed E-state index contributed by atoms with van der Waals surface area (Å²) in [4.78, 5) is 40.6. The molecule has 1 amide bonds. The molecular formula is C33H27ClN4O3. The van der Waals surface area contributed by atoms with Crippen molar-refractivity contribution in [2.75, 3.05) is 6.54 Å². The van der Waals surface area contributed by atoms with Gasteiger partial charge in [-0.25, -0.2) is 4.98 Å². The minimum Gasteiger partial charge on any atom is -0.378 e. The molecule has 8 heteroatoms. The van der Waals surface area contributed by atoms with Crippen molar-refractivity contribution in [3.8, 4) is 11.1 Å². The van der Waals surface area contributed by atoms with Gasteiger partial charge in [0.25, 0.3) is 11.5 Å². The van der Waals surface area contributed by atoms with Crippen LogP contribution in [0.4, 0.5) is 0 Å². The van der Waals surface area contributed by atoms with Gasteiger partial charge in [-0.3, -0.25) is 14.6 Å². The number of para-hydroxylation sites is 1. The van der Waals surface area contributed by atoms with Crippen LogP contribution in [0.25, 0.3) is 22.0 Å². The van der Waals surface area contributed by atoms with Crippen LogP contribution in [-0.2, 0) is 23.2 Å². The third kappa shape index (κ3) is 4.61. The lowest BCUT2D eigenvalue weighted by atomic mass is 9.94. The van der Waals surface area contributed by atoms with Crippen molar-refractivity contribution >= 4 is 28.4 Å². The van der Waals surface area contributed by atoms with Crippen LogP contribution in [-0.4, -0.2) is 37.4 Å². The third-order valence-corrected chi connectivity index (χ3v) is 8.56. The molecule has 2 aromatic heterocycles. The quantitative estimate of drug-likeness (QED) is 0.301. The Morgan fingerprint density at radius 3 is 2.66 bits per heavy atom. The smallest absolute Gasteiger partial charge is 0.256 e. The summed E-state index contributed by atoms with van der Waals surface area (Å²) in [6.45, 7) is 0.476. The Kier molecular flexibility index (Phi) is 6.21. The number of nitrogens with one attached hydrogen (secondary N) is 1. The second kappa shape index (κ2) is 9.94. The van der Waals surface area contributed by atoms with Gasteiger partial charge >= 0.3 is 0 Å². The number of carbonyl (C=O) groups is 1. The first-order chi connectivity index (χ1) is 19.9. The Bertz CT molecular complexity index is 1880. The summed E-state index contributed by atoms with van der Waals surface area (Å²) in [6, 6.07) is 24.9. The van der Waals surface area contributed by atoms with Gasteiger partial charge in [-0.1, -0.05) is 60.1 Å². The second-order valence-electron chi connectivity index (χ2n) is 10.9. The van der Waals surface area contributed by atoms with Crippen molar-refractivity contribution in [2.45, 2.75) is 37.3 Å². The van der Waals surface area contributed by atoms with E-state index in [0.29, 0.717) is 40.6 Å². The van der Waals surface area contributed by atoms with Crippen molar-refractivity contribution < 1.29 is 9.90 Å². The topological polar surface area (TPSA) is 99.2 Å². The predicted molar refractivity (Wildman–Crippen MR) is 158 cm³/mol. The van der Waals surface area contributed by atoms with Crippen LogP contribution in [0.1, 0.15) is 47.2 Å². The fraction of sp³-hybridized carbons (Fsp3) is 0.212. The summed E-state index contributed by atoms with van der Waals surface area (Å²) in [5.41, 5.74) is 4.82. The van der Waals surface area contributed by atoms with Crippen molar-refractivity contribution in [3.05, 3.63) is 129 Å². The van der Waals surface area contributed by atoms with E-state index in [0.717, 1.165) is 40.4 Å². The van der Waals surface area contributed by atoms with Gasteiger partial charge in [0.15, 0.2) is 6.10 Å². The fourth-order valence-electron chi connectivity index (χ4n) is 5.85. The van der Waals surface area contributed by atoms with Crippen molar-refractivity contribution in [3.63, 3.8) is 0 Å². The number of H-pyrrole nitrogens is 1. The van der Waals surface area contributed by atoms with Gasteiger partial charge in [0.1, 0.15) is 5.82 Å². The van der Waals surface area contributed by atoms with Gasteiger partial charge in [-0.05, 0) is 59.9 Å². The van der Waals surface area contributed by atoms with Gasteiger partial charge in [0.05, 0.1) is 28.7 Å². The van der Waals surface area contributed by atoms with Crippen molar-refractivity contribution in [1.82, 2.24) is 19.9 Å². The van der Waals surface area contributed by atoms with Crippen LogP contribution in [0.5, 0.6) is 0 Å². The molecule has 0 spiro atoms. The van der Waals surface area contributed by atoms with Crippen LogP contribution in [0.15, 0.2) is 89.9 Å². The molecule has 1 atom stereocenters. The van der Waals surface area contributed by atoms with Crippen LogP contribution in [0.2, 0.25) is 5.02 Å². The first kappa shape index (κ1) is 25.6. The molecule has 0 saturated heterocycles. The molecule has 7 nitrogen and oxygen atoms in total. The van der Waals surface area contributed by atoms with Gasteiger partial charge in [0.2, 0.25) is 0 Å². The molecule has 3 heterocycles. The van der Waals surface area contributed by atoms with E-state index in [4.69, 9.17) is 16.6 Å². The lowest BCUT2D eigenvalue weighted by Gasteiger charge is -2.30. The van der Waals surface area contributed by atoms with Crippen LogP contribution >= 0.6 is 11.6 Å². The average Bonchev–Trinajstić information content (AvgIpc) is 3.82. The molecule has 2 N–H and O–H groups in total. The molecule has 3 aromatic carbocycles. The fourth-order valence-corrected chi connectivity index (χ4v) is 6.04. The van der Waals surface area contributed by atoms with E-state index in [9.17, 15) is 14.7 Å². The standard InChI is InChI=1S/C33H27ClN4O3/c34-25-9-4-8-24(17-25)33(12-13-33)32-36-28-11-14-38(19-26(28)30(40)37-32)31(41)29(39)22-7-3-6-20(15-22)23-16-21-5-1-2-10-27(21)35-18-23/h1-10,15-18,29,39H,11-14,19H2,(H,36,37,40). The highest BCUT2D eigenvalue weighted by Gasteiger charge is 2.49.